The predicted octanol–water partition coefficient (Wildman–Crippen LogP) is 2.43. The van der Waals surface area contributed by atoms with Gasteiger partial charge in [-0.1, -0.05) is 12.1 Å². The molecule has 2 heterocycles. The number of para-hydroxylation sites is 2. The smallest absolute Gasteiger partial charge is 0.161 e. The summed E-state index contributed by atoms with van der Waals surface area (Å²) in [6.07, 6.45) is 5.24. The van der Waals surface area contributed by atoms with Crippen molar-refractivity contribution in [3.8, 4) is 11.4 Å². The van der Waals surface area contributed by atoms with Gasteiger partial charge in [0.1, 0.15) is 6.33 Å². The minimum atomic E-state index is 0.732. The second-order valence-corrected chi connectivity index (χ2v) is 3.65. The van der Waals surface area contributed by atoms with Crippen molar-refractivity contribution >= 4 is 11.0 Å². The summed E-state index contributed by atoms with van der Waals surface area (Å²) in [7, 11) is 1.64. The summed E-state index contributed by atoms with van der Waals surface area (Å²) in [6.45, 7) is 0. The minimum absolute atomic E-state index is 0.732. The van der Waals surface area contributed by atoms with E-state index in [0.717, 1.165) is 22.5 Å². The van der Waals surface area contributed by atoms with Gasteiger partial charge >= 0.3 is 0 Å². The molecule has 84 valence electrons. The van der Waals surface area contributed by atoms with E-state index < -0.39 is 0 Å². The summed E-state index contributed by atoms with van der Waals surface area (Å²) >= 11 is 0. The van der Waals surface area contributed by atoms with Crippen LogP contribution in [0.15, 0.2) is 49.1 Å². The number of fused-ring (bicyclic) bond motifs is 1. The molecule has 0 amide bonds. The molecule has 17 heavy (non-hydrogen) atoms. The SMILES string of the molecule is COc1cnccc1-n1cnc2ccccc21. The Labute approximate surface area is 98.5 Å². The number of pyridine rings is 1. The lowest BCUT2D eigenvalue weighted by Crippen LogP contribution is -1.96. The second kappa shape index (κ2) is 3.90. The molecule has 0 aliphatic rings. The molecular weight excluding hydrogens is 214 g/mol. The molecule has 0 N–H and O–H groups in total. The van der Waals surface area contributed by atoms with Crippen LogP contribution in [0, 0.1) is 0 Å². The molecule has 0 saturated carbocycles. The number of methoxy groups -OCH3 is 1. The average molecular weight is 225 g/mol. The molecular formula is C13H11N3O. The maximum atomic E-state index is 5.31. The van der Waals surface area contributed by atoms with Crippen LogP contribution in [0.5, 0.6) is 5.75 Å². The fraction of sp³-hybridized carbons (Fsp3) is 0.0769. The predicted molar refractivity (Wildman–Crippen MR) is 65.4 cm³/mol. The van der Waals surface area contributed by atoms with Crippen LogP contribution in [0.4, 0.5) is 0 Å². The number of ether oxygens (including phenoxy) is 1. The van der Waals surface area contributed by atoms with Crippen molar-refractivity contribution in [1.29, 1.82) is 0 Å². The summed E-state index contributed by atoms with van der Waals surface area (Å²) < 4.78 is 7.30. The van der Waals surface area contributed by atoms with Gasteiger partial charge in [-0.15, -0.1) is 0 Å². The Morgan fingerprint density at radius 3 is 2.94 bits per heavy atom. The first-order valence-electron chi connectivity index (χ1n) is 5.30. The van der Waals surface area contributed by atoms with E-state index in [1.165, 1.54) is 0 Å². The molecule has 0 fully saturated rings. The van der Waals surface area contributed by atoms with Crippen molar-refractivity contribution in [3.05, 3.63) is 49.1 Å². The van der Waals surface area contributed by atoms with E-state index in [1.54, 1.807) is 25.8 Å². The van der Waals surface area contributed by atoms with E-state index in [0.29, 0.717) is 0 Å². The molecule has 1 aromatic carbocycles. The number of rotatable bonds is 2. The van der Waals surface area contributed by atoms with Gasteiger partial charge in [-0.3, -0.25) is 9.55 Å². The molecule has 0 aliphatic carbocycles. The fourth-order valence-electron chi connectivity index (χ4n) is 1.88. The molecule has 0 saturated heterocycles. The summed E-state index contributed by atoms with van der Waals surface area (Å²) in [5.41, 5.74) is 2.96. The highest BCUT2D eigenvalue weighted by atomic mass is 16.5. The first kappa shape index (κ1) is 9.84. The molecule has 0 radical (unpaired) electrons. The third-order valence-electron chi connectivity index (χ3n) is 2.70. The fourth-order valence-corrected chi connectivity index (χ4v) is 1.88. The van der Waals surface area contributed by atoms with Gasteiger partial charge in [-0.25, -0.2) is 4.98 Å². The average Bonchev–Trinajstić information content (AvgIpc) is 2.82. The standard InChI is InChI=1S/C13H11N3O/c1-17-13-8-14-7-6-12(13)16-9-15-10-4-2-3-5-11(10)16/h2-9H,1H3. The van der Waals surface area contributed by atoms with Crippen molar-refractivity contribution < 1.29 is 4.74 Å². The van der Waals surface area contributed by atoms with Crippen LogP contribution in [0.3, 0.4) is 0 Å². The van der Waals surface area contributed by atoms with E-state index >= 15 is 0 Å². The van der Waals surface area contributed by atoms with Gasteiger partial charge in [-0.05, 0) is 18.2 Å². The topological polar surface area (TPSA) is 39.9 Å². The third-order valence-corrected chi connectivity index (χ3v) is 2.70. The van der Waals surface area contributed by atoms with Gasteiger partial charge in [0.25, 0.3) is 0 Å². The maximum Gasteiger partial charge on any atom is 0.161 e. The molecule has 3 aromatic rings. The number of hydrogen-bond donors (Lipinski definition) is 0. The van der Waals surface area contributed by atoms with Crippen molar-refractivity contribution in [2.24, 2.45) is 0 Å². The summed E-state index contributed by atoms with van der Waals surface area (Å²) in [6, 6.07) is 9.90. The zero-order valence-corrected chi connectivity index (χ0v) is 9.37. The van der Waals surface area contributed by atoms with Crippen LogP contribution < -0.4 is 4.74 Å². The van der Waals surface area contributed by atoms with E-state index in [9.17, 15) is 0 Å². The molecule has 0 aliphatic heterocycles. The monoisotopic (exact) mass is 225 g/mol. The van der Waals surface area contributed by atoms with Gasteiger partial charge in [0.15, 0.2) is 5.75 Å². The minimum Gasteiger partial charge on any atom is -0.493 e. The van der Waals surface area contributed by atoms with Crippen LogP contribution in [-0.4, -0.2) is 21.6 Å². The molecule has 4 nitrogen and oxygen atoms in total. The van der Waals surface area contributed by atoms with Crippen LogP contribution in [0.2, 0.25) is 0 Å². The maximum absolute atomic E-state index is 5.31. The lowest BCUT2D eigenvalue weighted by Gasteiger charge is -2.08. The highest BCUT2D eigenvalue weighted by Crippen LogP contribution is 2.24. The summed E-state index contributed by atoms with van der Waals surface area (Å²) in [5, 5.41) is 0. The second-order valence-electron chi connectivity index (χ2n) is 3.65. The van der Waals surface area contributed by atoms with Gasteiger partial charge in [-0.2, -0.15) is 0 Å². The van der Waals surface area contributed by atoms with Crippen LogP contribution in [0.25, 0.3) is 16.7 Å². The molecule has 4 heteroatoms. The van der Waals surface area contributed by atoms with Crippen molar-refractivity contribution in [3.63, 3.8) is 0 Å². The third kappa shape index (κ3) is 1.54. The van der Waals surface area contributed by atoms with E-state index in [2.05, 4.69) is 9.97 Å². The van der Waals surface area contributed by atoms with Gasteiger partial charge in [0.05, 0.1) is 30.0 Å². The summed E-state index contributed by atoms with van der Waals surface area (Å²) in [5.74, 6) is 0.732. The van der Waals surface area contributed by atoms with E-state index in [-0.39, 0.29) is 0 Å². The molecule has 0 bridgehead atoms. The van der Waals surface area contributed by atoms with Gasteiger partial charge in [0, 0.05) is 6.20 Å². The highest BCUT2D eigenvalue weighted by Gasteiger charge is 2.08. The number of aromatic nitrogens is 3. The van der Waals surface area contributed by atoms with Gasteiger partial charge in [0.2, 0.25) is 0 Å². The Morgan fingerprint density at radius 2 is 2.06 bits per heavy atom. The number of hydrogen-bond acceptors (Lipinski definition) is 3. The molecule has 2 aromatic heterocycles. The van der Waals surface area contributed by atoms with Crippen molar-refractivity contribution in [1.82, 2.24) is 14.5 Å². The zero-order chi connectivity index (χ0) is 11.7. The highest BCUT2D eigenvalue weighted by molar-refractivity contribution is 5.77. The molecule has 0 unspecified atom stereocenters. The Morgan fingerprint density at radius 1 is 1.18 bits per heavy atom. The van der Waals surface area contributed by atoms with E-state index in [1.807, 2.05) is 34.9 Å². The zero-order valence-electron chi connectivity index (χ0n) is 9.37. The first-order valence-corrected chi connectivity index (χ1v) is 5.30. The number of benzene rings is 1. The van der Waals surface area contributed by atoms with Crippen LogP contribution in [0.1, 0.15) is 0 Å². The Kier molecular flexibility index (Phi) is 2.26. The summed E-state index contributed by atoms with van der Waals surface area (Å²) in [4.78, 5) is 8.40. The van der Waals surface area contributed by atoms with Crippen LogP contribution in [-0.2, 0) is 0 Å². The first-order chi connectivity index (χ1) is 8.40. The van der Waals surface area contributed by atoms with E-state index in [4.69, 9.17) is 4.74 Å². The Hall–Kier alpha value is -2.36. The molecule has 3 rings (SSSR count). The van der Waals surface area contributed by atoms with Crippen LogP contribution >= 0.6 is 0 Å². The lowest BCUT2D eigenvalue weighted by atomic mass is 10.3. The van der Waals surface area contributed by atoms with Crippen molar-refractivity contribution in [2.45, 2.75) is 0 Å². The normalized spacial score (nSPS) is 10.6. The lowest BCUT2D eigenvalue weighted by molar-refractivity contribution is 0.411. The number of nitrogens with zero attached hydrogens (tertiary/aromatic N) is 3. The Balaban J connectivity index is 2.27. The number of imidazole rings is 1. The molecule has 0 atom stereocenters. The van der Waals surface area contributed by atoms with Gasteiger partial charge < -0.3 is 4.74 Å². The Bertz CT molecular complexity index is 660. The largest absolute Gasteiger partial charge is 0.493 e. The molecule has 0 spiro atoms. The van der Waals surface area contributed by atoms with Crippen molar-refractivity contribution in [2.75, 3.05) is 7.11 Å². The quantitative estimate of drug-likeness (QED) is 0.672.